The topological polar surface area (TPSA) is 75.9 Å². The summed E-state index contributed by atoms with van der Waals surface area (Å²) >= 11 is 0. The molecule has 1 aromatic rings. The molecule has 5 nitrogen and oxygen atoms in total. The number of nitrogens with zero attached hydrogens (tertiary/aromatic N) is 3. The van der Waals surface area contributed by atoms with E-state index in [1.165, 1.54) is 18.6 Å². The lowest BCUT2D eigenvalue weighted by Gasteiger charge is -2.21. The van der Waals surface area contributed by atoms with Crippen molar-refractivity contribution < 1.29 is 9.53 Å². The summed E-state index contributed by atoms with van der Waals surface area (Å²) in [6.45, 7) is 8.19. The molecule has 0 aliphatic rings. The van der Waals surface area contributed by atoms with Gasteiger partial charge in [0.25, 0.3) is 0 Å². The van der Waals surface area contributed by atoms with Crippen LogP contribution in [0.5, 0.6) is 0 Å². The van der Waals surface area contributed by atoms with E-state index in [1.807, 2.05) is 6.07 Å². The summed E-state index contributed by atoms with van der Waals surface area (Å²) in [5.74, 6) is 2.35. The standard InChI is InChI=1S/C15H19N3O2Si/c1-5-20-14(19)15(12-16,7-6-10-21(2,3)4)13-11-17-8-9-18-13/h8-9,11H,5,7H2,1-4H3. The van der Waals surface area contributed by atoms with Crippen LogP contribution in [0.3, 0.4) is 0 Å². The molecule has 0 aliphatic heterocycles. The third kappa shape index (κ3) is 4.40. The highest BCUT2D eigenvalue weighted by atomic mass is 28.3. The van der Waals surface area contributed by atoms with Crippen molar-refractivity contribution in [2.24, 2.45) is 0 Å². The van der Waals surface area contributed by atoms with E-state index in [9.17, 15) is 10.1 Å². The van der Waals surface area contributed by atoms with Crippen LogP contribution in [0.1, 0.15) is 19.0 Å². The van der Waals surface area contributed by atoms with Crippen LogP contribution in [0.4, 0.5) is 0 Å². The van der Waals surface area contributed by atoms with Gasteiger partial charge >= 0.3 is 5.97 Å². The van der Waals surface area contributed by atoms with E-state index in [2.05, 4.69) is 41.1 Å². The highest BCUT2D eigenvalue weighted by Crippen LogP contribution is 2.27. The smallest absolute Gasteiger partial charge is 0.333 e. The van der Waals surface area contributed by atoms with E-state index in [0.717, 1.165) is 0 Å². The highest BCUT2D eigenvalue weighted by Gasteiger charge is 2.43. The van der Waals surface area contributed by atoms with Crippen LogP contribution in [0.15, 0.2) is 18.6 Å². The van der Waals surface area contributed by atoms with E-state index >= 15 is 0 Å². The third-order valence-electron chi connectivity index (χ3n) is 2.63. The van der Waals surface area contributed by atoms with Gasteiger partial charge in [-0.3, -0.25) is 9.97 Å². The molecule has 0 saturated carbocycles. The summed E-state index contributed by atoms with van der Waals surface area (Å²) in [4.78, 5) is 20.3. The molecular formula is C15H19N3O2Si. The van der Waals surface area contributed by atoms with Crippen molar-refractivity contribution in [2.45, 2.75) is 38.4 Å². The Morgan fingerprint density at radius 1 is 1.43 bits per heavy atom. The van der Waals surface area contributed by atoms with Gasteiger partial charge < -0.3 is 4.74 Å². The zero-order chi connectivity index (χ0) is 15.9. The monoisotopic (exact) mass is 301 g/mol. The molecule has 0 radical (unpaired) electrons. The molecule has 0 N–H and O–H groups in total. The van der Waals surface area contributed by atoms with Gasteiger partial charge in [-0.05, 0) is 6.92 Å². The Balaban J connectivity index is 3.24. The predicted octanol–water partition coefficient (Wildman–Crippen LogP) is 2.07. The van der Waals surface area contributed by atoms with Crippen molar-refractivity contribution >= 4 is 14.0 Å². The molecule has 0 spiro atoms. The maximum atomic E-state index is 12.3. The first kappa shape index (κ1) is 16.9. The Bertz CT molecular complexity index is 593. The van der Waals surface area contributed by atoms with Crippen LogP contribution >= 0.6 is 0 Å². The molecule has 1 atom stereocenters. The maximum Gasteiger partial charge on any atom is 0.333 e. The number of ether oxygens (including phenoxy) is 1. The van der Waals surface area contributed by atoms with Gasteiger partial charge in [0.05, 0.1) is 24.6 Å². The minimum absolute atomic E-state index is 0.0608. The van der Waals surface area contributed by atoms with Gasteiger partial charge in [-0.15, -0.1) is 11.5 Å². The fraction of sp³-hybridized carbons (Fsp3) is 0.467. The fourth-order valence-corrected chi connectivity index (χ4v) is 2.24. The van der Waals surface area contributed by atoms with Gasteiger partial charge in [-0.25, -0.2) is 4.79 Å². The first-order valence-corrected chi connectivity index (χ1v) is 10.2. The van der Waals surface area contributed by atoms with Crippen molar-refractivity contribution in [3.63, 3.8) is 0 Å². The van der Waals surface area contributed by atoms with E-state index in [1.54, 1.807) is 6.92 Å². The van der Waals surface area contributed by atoms with Crippen molar-refractivity contribution in [3.05, 3.63) is 24.3 Å². The zero-order valence-corrected chi connectivity index (χ0v) is 13.8. The molecule has 6 heteroatoms. The second-order valence-corrected chi connectivity index (χ2v) is 10.3. The van der Waals surface area contributed by atoms with E-state index < -0.39 is 19.5 Å². The molecular weight excluding hydrogens is 282 g/mol. The number of carbonyl (C=O) groups excluding carboxylic acids is 1. The molecule has 0 fully saturated rings. The van der Waals surface area contributed by atoms with Crippen molar-refractivity contribution in [3.8, 4) is 17.5 Å². The first-order chi connectivity index (χ1) is 9.85. The van der Waals surface area contributed by atoms with Gasteiger partial charge in [0.2, 0.25) is 5.41 Å². The minimum Gasteiger partial charge on any atom is -0.464 e. The number of nitriles is 1. The van der Waals surface area contributed by atoms with Crippen LogP contribution in [0.25, 0.3) is 0 Å². The molecule has 0 aliphatic carbocycles. The summed E-state index contributed by atoms with van der Waals surface area (Å²) in [6.07, 6.45) is 4.42. The molecule has 1 heterocycles. The molecule has 21 heavy (non-hydrogen) atoms. The van der Waals surface area contributed by atoms with Crippen LogP contribution < -0.4 is 0 Å². The quantitative estimate of drug-likeness (QED) is 0.483. The number of hydrogen-bond acceptors (Lipinski definition) is 5. The predicted molar refractivity (Wildman–Crippen MR) is 81.7 cm³/mol. The Morgan fingerprint density at radius 3 is 2.62 bits per heavy atom. The van der Waals surface area contributed by atoms with Crippen LogP contribution in [0.2, 0.25) is 19.6 Å². The molecule has 0 amide bonds. The normalized spacial score (nSPS) is 13.3. The van der Waals surface area contributed by atoms with Gasteiger partial charge in [-0.1, -0.05) is 19.6 Å². The summed E-state index contributed by atoms with van der Waals surface area (Å²) in [5, 5.41) is 9.58. The minimum atomic E-state index is -1.58. The lowest BCUT2D eigenvalue weighted by molar-refractivity contribution is -0.147. The third-order valence-corrected chi connectivity index (χ3v) is 3.56. The van der Waals surface area contributed by atoms with Crippen LogP contribution in [-0.4, -0.2) is 30.6 Å². The van der Waals surface area contributed by atoms with Gasteiger partial charge in [0.15, 0.2) is 0 Å². The SMILES string of the molecule is CCOC(=O)C(C#N)(CC#C[Si](C)(C)C)c1cnccn1. The molecule has 1 rings (SSSR count). The highest BCUT2D eigenvalue weighted by molar-refractivity contribution is 6.83. The fourth-order valence-electron chi connectivity index (χ4n) is 1.63. The lowest BCUT2D eigenvalue weighted by atomic mass is 9.83. The van der Waals surface area contributed by atoms with Crippen molar-refractivity contribution in [1.82, 2.24) is 9.97 Å². The molecule has 0 bridgehead atoms. The Morgan fingerprint density at radius 2 is 2.14 bits per heavy atom. The maximum absolute atomic E-state index is 12.3. The molecule has 110 valence electrons. The first-order valence-electron chi connectivity index (χ1n) is 6.70. The van der Waals surface area contributed by atoms with Crippen LogP contribution in [-0.2, 0) is 14.9 Å². The average Bonchev–Trinajstić information content (AvgIpc) is 2.44. The summed E-state index contributed by atoms with van der Waals surface area (Å²) < 4.78 is 5.05. The average molecular weight is 301 g/mol. The molecule has 1 unspecified atom stereocenters. The Hall–Kier alpha value is -2.18. The van der Waals surface area contributed by atoms with E-state index in [-0.39, 0.29) is 18.7 Å². The zero-order valence-electron chi connectivity index (χ0n) is 12.8. The number of carbonyl (C=O) groups is 1. The molecule has 1 aromatic heterocycles. The van der Waals surface area contributed by atoms with Crippen LogP contribution in [0, 0.1) is 22.8 Å². The molecule has 0 aromatic carbocycles. The number of rotatable bonds is 4. The van der Waals surface area contributed by atoms with Gasteiger partial charge in [0, 0.05) is 18.8 Å². The summed E-state index contributed by atoms with van der Waals surface area (Å²) in [5.41, 5.74) is 1.92. The van der Waals surface area contributed by atoms with Crippen molar-refractivity contribution in [1.29, 1.82) is 5.26 Å². The van der Waals surface area contributed by atoms with Gasteiger partial charge in [0.1, 0.15) is 8.07 Å². The lowest BCUT2D eigenvalue weighted by Crippen LogP contribution is -2.37. The number of esters is 1. The summed E-state index contributed by atoms with van der Waals surface area (Å²) in [7, 11) is -1.58. The molecule has 0 saturated heterocycles. The number of aromatic nitrogens is 2. The van der Waals surface area contributed by atoms with Crippen molar-refractivity contribution in [2.75, 3.05) is 6.61 Å². The van der Waals surface area contributed by atoms with Gasteiger partial charge in [-0.2, -0.15) is 5.26 Å². The Kier molecular flexibility index (Phi) is 5.63. The summed E-state index contributed by atoms with van der Waals surface area (Å²) in [6, 6.07) is 2.04. The number of hydrogen-bond donors (Lipinski definition) is 0. The Labute approximate surface area is 126 Å². The largest absolute Gasteiger partial charge is 0.464 e. The van der Waals surface area contributed by atoms with E-state index in [4.69, 9.17) is 4.74 Å². The second-order valence-electron chi connectivity index (χ2n) is 5.56. The second kappa shape index (κ2) is 7.01. The van der Waals surface area contributed by atoms with E-state index in [0.29, 0.717) is 0 Å².